The Morgan fingerprint density at radius 1 is 1.50 bits per heavy atom. The summed E-state index contributed by atoms with van der Waals surface area (Å²) in [7, 11) is 1.42. The number of hydrogen-bond donors (Lipinski definition) is 0. The molecule has 6 heteroatoms. The Kier molecular flexibility index (Phi) is 6.18. The van der Waals surface area contributed by atoms with Crippen LogP contribution in [0, 0.1) is 5.92 Å². The molecule has 1 heterocycles. The van der Waals surface area contributed by atoms with Crippen molar-refractivity contribution < 1.29 is 9.53 Å². The van der Waals surface area contributed by atoms with Crippen molar-refractivity contribution in [2.75, 3.05) is 7.11 Å². The van der Waals surface area contributed by atoms with Crippen molar-refractivity contribution in [1.82, 2.24) is 14.8 Å². The Balaban J connectivity index is 2.43. The molecule has 1 unspecified atom stereocenters. The van der Waals surface area contributed by atoms with Crippen LogP contribution in [-0.4, -0.2) is 33.1 Å². The summed E-state index contributed by atoms with van der Waals surface area (Å²) in [6.07, 6.45) is 2.02. The van der Waals surface area contributed by atoms with Crippen LogP contribution in [0.5, 0.6) is 0 Å². The number of ether oxygens (including phenoxy) is 1. The average molecular weight is 271 g/mol. The molecule has 0 amide bonds. The molecule has 0 fully saturated rings. The third-order valence-electron chi connectivity index (χ3n) is 2.41. The molecule has 0 aliphatic carbocycles. The molecule has 0 aliphatic rings. The second-order valence-electron chi connectivity index (χ2n) is 4.65. The predicted octanol–water partition coefficient (Wildman–Crippen LogP) is 2.12. The quantitative estimate of drug-likeness (QED) is 0.711. The van der Waals surface area contributed by atoms with Crippen LogP contribution in [0.25, 0.3) is 0 Å². The van der Waals surface area contributed by atoms with E-state index < -0.39 is 0 Å². The summed E-state index contributed by atoms with van der Waals surface area (Å²) in [4.78, 5) is 15.4. The van der Waals surface area contributed by atoms with Crippen molar-refractivity contribution in [2.24, 2.45) is 5.92 Å². The number of esters is 1. The zero-order valence-electron chi connectivity index (χ0n) is 11.4. The maximum Gasteiger partial charge on any atom is 0.306 e. The lowest BCUT2D eigenvalue weighted by atomic mass is 10.2. The van der Waals surface area contributed by atoms with Crippen molar-refractivity contribution in [3.8, 4) is 0 Å². The van der Waals surface area contributed by atoms with Gasteiger partial charge in [-0.15, -0.1) is 0 Å². The molecule has 0 radical (unpaired) electrons. The Bertz CT molecular complexity index is 379. The third kappa shape index (κ3) is 5.08. The number of thioether (sulfide) groups is 1. The van der Waals surface area contributed by atoms with Gasteiger partial charge in [0.25, 0.3) is 0 Å². The van der Waals surface area contributed by atoms with E-state index in [1.54, 1.807) is 18.1 Å². The van der Waals surface area contributed by atoms with Gasteiger partial charge in [-0.2, -0.15) is 16.9 Å². The second-order valence-corrected chi connectivity index (χ2v) is 6.08. The normalized spacial score (nSPS) is 12.7. The summed E-state index contributed by atoms with van der Waals surface area (Å²) < 4.78 is 6.58. The molecule has 5 nitrogen and oxygen atoms in total. The molecule has 0 saturated heterocycles. The van der Waals surface area contributed by atoms with Gasteiger partial charge in [0.2, 0.25) is 0 Å². The van der Waals surface area contributed by atoms with Crippen molar-refractivity contribution in [1.29, 1.82) is 0 Å². The lowest BCUT2D eigenvalue weighted by molar-refractivity contribution is -0.140. The minimum atomic E-state index is -0.168. The summed E-state index contributed by atoms with van der Waals surface area (Å²) in [5.41, 5.74) is 0. The molecule has 0 bridgehead atoms. The first-order valence-electron chi connectivity index (χ1n) is 6.08. The monoisotopic (exact) mass is 271 g/mol. The molecule has 1 aromatic heterocycles. The molecule has 1 aromatic rings. The van der Waals surface area contributed by atoms with Gasteiger partial charge in [0.05, 0.1) is 19.3 Å². The molecule has 1 atom stereocenters. The minimum absolute atomic E-state index is 0.168. The smallest absolute Gasteiger partial charge is 0.306 e. The van der Waals surface area contributed by atoms with Crippen molar-refractivity contribution >= 4 is 17.7 Å². The highest BCUT2D eigenvalue weighted by Crippen LogP contribution is 2.19. The largest absolute Gasteiger partial charge is 0.469 e. The van der Waals surface area contributed by atoms with Gasteiger partial charge in [-0.1, -0.05) is 20.8 Å². The highest BCUT2D eigenvalue weighted by Gasteiger charge is 2.12. The van der Waals surface area contributed by atoms with E-state index >= 15 is 0 Å². The van der Waals surface area contributed by atoms with Crippen LogP contribution < -0.4 is 0 Å². The van der Waals surface area contributed by atoms with E-state index in [1.165, 1.54) is 7.11 Å². The van der Waals surface area contributed by atoms with Crippen molar-refractivity contribution in [2.45, 2.75) is 44.7 Å². The molecule has 0 spiro atoms. The van der Waals surface area contributed by atoms with E-state index in [9.17, 15) is 4.79 Å². The van der Waals surface area contributed by atoms with Gasteiger partial charge in [0.15, 0.2) is 0 Å². The van der Waals surface area contributed by atoms with E-state index in [2.05, 4.69) is 28.7 Å². The third-order valence-corrected chi connectivity index (χ3v) is 3.57. The van der Waals surface area contributed by atoms with Crippen LogP contribution in [0.1, 0.15) is 33.0 Å². The zero-order valence-corrected chi connectivity index (χ0v) is 12.2. The van der Waals surface area contributed by atoms with Gasteiger partial charge < -0.3 is 4.74 Å². The fourth-order valence-corrected chi connectivity index (χ4v) is 2.40. The highest BCUT2D eigenvalue weighted by molar-refractivity contribution is 7.99. The molecule has 18 heavy (non-hydrogen) atoms. The van der Waals surface area contributed by atoms with Gasteiger partial charge in [0.1, 0.15) is 12.2 Å². The van der Waals surface area contributed by atoms with Gasteiger partial charge in [-0.25, -0.2) is 9.67 Å². The number of carbonyl (C=O) groups excluding carboxylic acids is 1. The van der Waals surface area contributed by atoms with Crippen LogP contribution in [-0.2, 0) is 21.8 Å². The lowest BCUT2D eigenvalue weighted by Crippen LogP contribution is -2.12. The summed E-state index contributed by atoms with van der Waals surface area (Å²) in [5, 5.41) is 4.44. The van der Waals surface area contributed by atoms with Crippen LogP contribution in [0.4, 0.5) is 0 Å². The Hall–Kier alpha value is -1.04. The van der Waals surface area contributed by atoms with Crippen molar-refractivity contribution in [3.63, 3.8) is 0 Å². The molecule has 1 rings (SSSR count). The van der Waals surface area contributed by atoms with Crippen molar-refractivity contribution in [3.05, 3.63) is 12.2 Å². The van der Waals surface area contributed by atoms with E-state index in [0.717, 1.165) is 18.1 Å². The first-order chi connectivity index (χ1) is 8.52. The molecular formula is C12H21N3O2S. The topological polar surface area (TPSA) is 57.0 Å². The van der Waals surface area contributed by atoms with Gasteiger partial charge in [-0.3, -0.25) is 4.79 Å². The van der Waals surface area contributed by atoms with E-state index in [-0.39, 0.29) is 11.2 Å². The fraction of sp³-hybridized carbons (Fsp3) is 0.750. The van der Waals surface area contributed by atoms with E-state index in [0.29, 0.717) is 12.3 Å². The number of carbonyl (C=O) groups is 1. The Morgan fingerprint density at radius 3 is 2.83 bits per heavy atom. The Morgan fingerprint density at radius 2 is 2.22 bits per heavy atom. The summed E-state index contributed by atoms with van der Waals surface area (Å²) >= 11 is 1.69. The number of aromatic nitrogens is 3. The molecule has 0 saturated carbocycles. The van der Waals surface area contributed by atoms with Gasteiger partial charge in [0, 0.05) is 11.8 Å². The zero-order chi connectivity index (χ0) is 13.5. The fourth-order valence-electron chi connectivity index (χ4n) is 1.49. The average Bonchev–Trinajstić information content (AvgIpc) is 2.72. The molecule has 102 valence electrons. The standard InChI is InChI=1S/C12H21N3O2S/c1-9(2)6-15-11(13-8-14-15)7-18-10(3)5-12(16)17-4/h8-10H,5-7H2,1-4H3. The number of rotatable bonds is 7. The van der Waals surface area contributed by atoms with Gasteiger partial charge in [-0.05, 0) is 5.92 Å². The SMILES string of the molecule is COC(=O)CC(C)SCc1ncnn1CC(C)C. The number of methoxy groups -OCH3 is 1. The first kappa shape index (κ1) is 15.0. The molecule has 0 aliphatic heterocycles. The summed E-state index contributed by atoms with van der Waals surface area (Å²) in [6.45, 7) is 7.20. The maximum absolute atomic E-state index is 11.1. The van der Waals surface area contributed by atoms with Gasteiger partial charge >= 0.3 is 5.97 Å². The summed E-state index contributed by atoms with van der Waals surface area (Å²) in [6, 6.07) is 0. The number of nitrogens with zero attached hydrogens (tertiary/aromatic N) is 3. The minimum Gasteiger partial charge on any atom is -0.469 e. The Labute approximate surface area is 112 Å². The van der Waals surface area contributed by atoms with Crippen LogP contribution in [0.15, 0.2) is 6.33 Å². The van der Waals surface area contributed by atoms with E-state index in [4.69, 9.17) is 0 Å². The van der Waals surface area contributed by atoms with Crippen LogP contribution in [0.3, 0.4) is 0 Å². The maximum atomic E-state index is 11.1. The lowest BCUT2D eigenvalue weighted by Gasteiger charge is -2.11. The van der Waals surface area contributed by atoms with E-state index in [1.807, 2.05) is 11.6 Å². The molecular weight excluding hydrogens is 250 g/mol. The highest BCUT2D eigenvalue weighted by atomic mass is 32.2. The second kappa shape index (κ2) is 7.41. The van der Waals surface area contributed by atoms with Crippen LogP contribution >= 0.6 is 11.8 Å². The molecule has 0 aromatic carbocycles. The summed E-state index contributed by atoms with van der Waals surface area (Å²) in [5.74, 6) is 2.11. The predicted molar refractivity (Wildman–Crippen MR) is 72.3 cm³/mol. The number of hydrogen-bond acceptors (Lipinski definition) is 5. The molecule has 0 N–H and O–H groups in total. The van der Waals surface area contributed by atoms with Crippen LogP contribution in [0.2, 0.25) is 0 Å². The first-order valence-corrected chi connectivity index (χ1v) is 7.13.